The number of nitrogens with zero attached hydrogens (tertiary/aromatic N) is 3. The summed E-state index contributed by atoms with van der Waals surface area (Å²) in [6, 6.07) is 12.5. The van der Waals surface area contributed by atoms with Crippen LogP contribution >= 0.6 is 11.8 Å². The number of thioether (sulfide) groups is 1. The van der Waals surface area contributed by atoms with Crippen LogP contribution in [0.15, 0.2) is 72.9 Å². The number of rotatable bonds is 30. The lowest BCUT2D eigenvalue weighted by atomic mass is 9.82. The molecule has 5 N–H and O–H groups in total. The third-order valence-electron chi connectivity index (χ3n) is 11.5. The number of benzene rings is 2. The van der Waals surface area contributed by atoms with Gasteiger partial charge in [0.05, 0.1) is 64.6 Å². The van der Waals surface area contributed by atoms with Crippen LogP contribution in [0.25, 0.3) is 11.1 Å². The summed E-state index contributed by atoms with van der Waals surface area (Å²) >= 11 is 1.02. The van der Waals surface area contributed by atoms with E-state index in [4.69, 9.17) is 28.8 Å². The van der Waals surface area contributed by atoms with Gasteiger partial charge in [0, 0.05) is 86.0 Å². The summed E-state index contributed by atoms with van der Waals surface area (Å²) in [6.45, 7) is 8.21. The summed E-state index contributed by atoms with van der Waals surface area (Å²) in [4.78, 5) is 85.8. The van der Waals surface area contributed by atoms with Crippen molar-refractivity contribution in [3.05, 3.63) is 95.8 Å². The van der Waals surface area contributed by atoms with Crippen molar-refractivity contribution in [1.82, 2.24) is 30.3 Å². The SMILES string of the molecule is CC(C)(C)C(c1cc(-c2cc(F)ccc2F)cn1Cc1ccccc1)N(C[C@H]1CNC[C@@H]1F)C(=O)CSCC(NC(=O)CCOCCOCCOCCOCCNC(=O)CN1C(=O)C=CC1=O)C(=O)O.O=C(O)C(F)(F)F. The fraction of sp³-hybridized carbons (Fsp3) is 0.510. The van der Waals surface area contributed by atoms with Gasteiger partial charge in [-0.25, -0.2) is 22.8 Å². The van der Waals surface area contributed by atoms with Crippen LogP contribution in [-0.4, -0.2) is 182 Å². The van der Waals surface area contributed by atoms with E-state index in [0.29, 0.717) is 24.3 Å². The second kappa shape index (κ2) is 31.2. The van der Waals surface area contributed by atoms with Crippen molar-refractivity contribution in [2.24, 2.45) is 11.3 Å². The maximum absolute atomic E-state index is 15.3. The van der Waals surface area contributed by atoms with Crippen molar-refractivity contribution in [3.8, 4) is 11.1 Å². The van der Waals surface area contributed by atoms with Gasteiger partial charge in [0.25, 0.3) is 11.8 Å². The van der Waals surface area contributed by atoms with Crippen LogP contribution in [0.2, 0.25) is 0 Å². The lowest BCUT2D eigenvalue weighted by molar-refractivity contribution is -0.192. The van der Waals surface area contributed by atoms with E-state index in [0.717, 1.165) is 52.6 Å². The van der Waals surface area contributed by atoms with Gasteiger partial charge in [-0.05, 0) is 35.2 Å². The fourth-order valence-corrected chi connectivity index (χ4v) is 8.78. The van der Waals surface area contributed by atoms with Crippen LogP contribution in [0.5, 0.6) is 0 Å². The molecule has 26 heteroatoms. The first-order valence-electron chi connectivity index (χ1n) is 24.3. The van der Waals surface area contributed by atoms with Crippen LogP contribution in [0, 0.1) is 23.0 Å². The molecule has 0 bridgehead atoms. The number of aromatic nitrogens is 1. The number of alkyl halides is 4. The molecule has 1 aromatic heterocycles. The molecule has 0 aliphatic carbocycles. The van der Waals surface area contributed by atoms with Crippen LogP contribution < -0.4 is 16.0 Å². The molecule has 5 rings (SSSR count). The van der Waals surface area contributed by atoms with Gasteiger partial charge in [0.1, 0.15) is 30.4 Å². The Kier molecular flexibility index (Phi) is 25.6. The average molecular weight is 1120 g/mol. The van der Waals surface area contributed by atoms with Gasteiger partial charge in [-0.3, -0.25) is 28.9 Å². The van der Waals surface area contributed by atoms with E-state index < -0.39 is 83.0 Å². The Labute approximate surface area is 445 Å². The minimum atomic E-state index is -5.08. The first-order chi connectivity index (χ1) is 36.5. The predicted octanol–water partition coefficient (Wildman–Crippen LogP) is 4.39. The van der Waals surface area contributed by atoms with Crippen LogP contribution in [0.4, 0.5) is 26.3 Å². The standard InChI is InChI=1S/C49H63F3N6O11S.C2HF3O2/c1-49(2,3)47(41-23-34(37-24-36(50)9-10-38(37)51)28-56(41)27-33-7-5-4-6-8-33)58(29-35-25-53-26-39(35)52)46(63)32-70-31-40(48(64)65)55-42(59)13-15-66-17-19-68-21-22-69-20-18-67-16-14-54-43(60)30-57-44(61)11-12-45(57)62;3-2(4,5)1(6)7/h4-12,23-24,28,35,39-40,47,53H,13-22,25-27,29-32H2,1-3H3,(H,54,60)(H,55,59)(H,64,65);(H,6,7)/t35-,39+,40?,47?;/m1./s1. The third-order valence-corrected chi connectivity index (χ3v) is 12.6. The summed E-state index contributed by atoms with van der Waals surface area (Å²) in [6.07, 6.45) is -2.49. The van der Waals surface area contributed by atoms with Gasteiger partial charge in [-0.1, -0.05) is 51.1 Å². The van der Waals surface area contributed by atoms with Crippen molar-refractivity contribution in [1.29, 1.82) is 0 Å². The van der Waals surface area contributed by atoms with E-state index in [1.54, 1.807) is 17.2 Å². The minimum absolute atomic E-state index is 0.00146. The van der Waals surface area contributed by atoms with Crippen LogP contribution in [0.1, 0.15) is 44.5 Å². The quantitative estimate of drug-likeness (QED) is 0.0353. The topological polar surface area (TPSA) is 244 Å². The number of nitrogens with one attached hydrogen (secondary N) is 3. The number of imide groups is 1. The molecule has 3 aromatic rings. The first-order valence-corrected chi connectivity index (χ1v) is 25.5. The summed E-state index contributed by atoms with van der Waals surface area (Å²) in [5.74, 6) is -8.64. The number of carbonyl (C=O) groups is 7. The number of amides is 5. The summed E-state index contributed by atoms with van der Waals surface area (Å²) < 4.78 is 100. The van der Waals surface area contributed by atoms with Crippen LogP contribution in [0.3, 0.4) is 0 Å². The molecule has 5 amide bonds. The number of carboxylic acid groups (broad SMARTS) is 2. The van der Waals surface area contributed by atoms with Crippen molar-refractivity contribution < 1.29 is 89.1 Å². The second-order valence-corrected chi connectivity index (χ2v) is 19.6. The lowest BCUT2D eigenvalue weighted by Crippen LogP contribution is -2.47. The molecule has 0 saturated carbocycles. The highest BCUT2D eigenvalue weighted by Gasteiger charge is 2.41. The van der Waals surface area contributed by atoms with Crippen molar-refractivity contribution in [2.45, 2.75) is 58.2 Å². The first kappa shape index (κ1) is 63.2. The van der Waals surface area contributed by atoms with Gasteiger partial charge in [0.15, 0.2) is 0 Å². The van der Waals surface area contributed by atoms with Crippen LogP contribution in [-0.2, 0) is 59.1 Å². The van der Waals surface area contributed by atoms with Gasteiger partial charge in [0.2, 0.25) is 17.7 Å². The highest BCUT2D eigenvalue weighted by atomic mass is 32.2. The molecular weight excluding hydrogens is 1050 g/mol. The average Bonchev–Trinajstić information content (AvgIpc) is 4.07. The number of carbonyl (C=O) groups excluding carboxylic acids is 5. The van der Waals surface area contributed by atoms with Crippen molar-refractivity contribution in [2.75, 3.05) is 97.1 Å². The van der Waals surface area contributed by atoms with E-state index in [1.807, 2.05) is 55.7 Å². The monoisotopic (exact) mass is 1110 g/mol. The van der Waals surface area contributed by atoms with E-state index in [1.165, 1.54) is 0 Å². The smallest absolute Gasteiger partial charge is 0.480 e. The molecule has 2 unspecified atom stereocenters. The highest BCUT2D eigenvalue weighted by Crippen LogP contribution is 2.42. The minimum Gasteiger partial charge on any atom is -0.480 e. The molecule has 19 nitrogen and oxygen atoms in total. The Bertz CT molecular complexity index is 2460. The molecule has 2 aromatic carbocycles. The van der Waals surface area contributed by atoms with Crippen molar-refractivity contribution in [3.63, 3.8) is 0 Å². The molecule has 77 heavy (non-hydrogen) atoms. The molecular formula is C51H64F6N6O13S. The molecule has 1 saturated heterocycles. The zero-order valence-electron chi connectivity index (χ0n) is 42.7. The zero-order valence-corrected chi connectivity index (χ0v) is 43.5. The normalized spacial score (nSPS) is 16.2. The Morgan fingerprint density at radius 1 is 0.831 bits per heavy atom. The summed E-state index contributed by atoms with van der Waals surface area (Å²) in [5.41, 5.74) is 1.32. The summed E-state index contributed by atoms with van der Waals surface area (Å²) in [7, 11) is 0. The molecule has 3 heterocycles. The van der Waals surface area contributed by atoms with E-state index in [2.05, 4.69) is 16.0 Å². The largest absolute Gasteiger partial charge is 0.490 e. The highest BCUT2D eigenvalue weighted by molar-refractivity contribution is 8.00. The maximum Gasteiger partial charge on any atom is 0.490 e. The van der Waals surface area contributed by atoms with E-state index in [-0.39, 0.29) is 108 Å². The zero-order chi connectivity index (χ0) is 56.7. The molecule has 0 spiro atoms. The van der Waals surface area contributed by atoms with Gasteiger partial charge >= 0.3 is 18.1 Å². The number of hydrogen-bond donors (Lipinski definition) is 5. The molecule has 2 aliphatic rings. The van der Waals surface area contributed by atoms with E-state index in [9.17, 15) is 51.4 Å². The van der Waals surface area contributed by atoms with Gasteiger partial charge in [-0.15, -0.1) is 11.8 Å². The lowest BCUT2D eigenvalue weighted by Gasteiger charge is -2.42. The van der Waals surface area contributed by atoms with Gasteiger partial charge < -0.3 is 54.6 Å². The number of ether oxygens (including phenoxy) is 4. The number of hydrogen-bond acceptors (Lipinski definition) is 13. The Morgan fingerprint density at radius 2 is 1.43 bits per heavy atom. The summed E-state index contributed by atoms with van der Waals surface area (Å²) in [5, 5.41) is 25.2. The van der Waals surface area contributed by atoms with Crippen molar-refractivity contribution >= 4 is 53.2 Å². The third kappa shape index (κ3) is 21.6. The molecule has 424 valence electrons. The fourth-order valence-electron chi connectivity index (χ4n) is 7.86. The molecule has 2 aliphatic heterocycles. The number of halogens is 6. The maximum atomic E-state index is 15.3. The van der Waals surface area contributed by atoms with Gasteiger partial charge in [-0.2, -0.15) is 13.2 Å². The Hall–Kier alpha value is -6.32. The number of aliphatic carboxylic acids is 2. The Balaban J connectivity index is 0.00000171. The second-order valence-electron chi connectivity index (χ2n) is 18.6. The Morgan fingerprint density at radius 3 is 1.99 bits per heavy atom. The number of carboxylic acids is 2. The van der Waals surface area contributed by atoms with E-state index >= 15 is 8.78 Å². The molecule has 0 radical (unpaired) electrons. The molecule has 4 atom stereocenters. The predicted molar refractivity (Wildman–Crippen MR) is 268 cm³/mol. The molecule has 1 fully saturated rings.